The van der Waals surface area contributed by atoms with Gasteiger partial charge in [0.05, 0.1) is 6.20 Å². The van der Waals surface area contributed by atoms with Gasteiger partial charge in [-0.1, -0.05) is 65.0 Å². The van der Waals surface area contributed by atoms with Crippen LogP contribution in [0.5, 0.6) is 0 Å². The summed E-state index contributed by atoms with van der Waals surface area (Å²) in [4.78, 5) is 12.1. The first-order valence-corrected chi connectivity index (χ1v) is 8.12. The number of rotatable bonds is 10. The molecular weight excluding hydrogens is 266 g/mol. The minimum Gasteiger partial charge on any atom is -0.480 e. The highest BCUT2D eigenvalue weighted by molar-refractivity contribution is 5.81. The van der Waals surface area contributed by atoms with Crippen molar-refractivity contribution in [3.63, 3.8) is 0 Å². The minimum absolute atomic E-state index is 0.0181. The van der Waals surface area contributed by atoms with Crippen LogP contribution in [0.4, 0.5) is 0 Å². The summed E-state index contributed by atoms with van der Waals surface area (Å²) in [5, 5.41) is 13.6. The average Bonchev–Trinajstić information content (AvgIpc) is 2.92. The number of aromatic nitrogens is 1. The highest BCUT2D eigenvalue weighted by Crippen LogP contribution is 2.42. The van der Waals surface area contributed by atoms with Crippen LogP contribution in [0.3, 0.4) is 0 Å². The lowest BCUT2D eigenvalue weighted by atomic mass is 9.65. The van der Waals surface area contributed by atoms with Gasteiger partial charge in [-0.05, 0) is 18.3 Å². The predicted molar refractivity (Wildman–Crippen MR) is 83.2 cm³/mol. The maximum Gasteiger partial charge on any atom is 0.318 e. The van der Waals surface area contributed by atoms with Gasteiger partial charge in [-0.25, -0.2) is 0 Å². The lowest BCUT2D eigenvalue weighted by Gasteiger charge is -2.36. The fraction of sp³-hybridized carbons (Fsp3) is 0.765. The molecule has 21 heavy (non-hydrogen) atoms. The van der Waals surface area contributed by atoms with Crippen LogP contribution in [0.15, 0.2) is 16.8 Å². The summed E-state index contributed by atoms with van der Waals surface area (Å²) in [6.07, 6.45) is 8.37. The maximum absolute atomic E-state index is 12.1. The molecule has 0 aromatic carbocycles. The van der Waals surface area contributed by atoms with E-state index in [9.17, 15) is 9.90 Å². The zero-order valence-electron chi connectivity index (χ0n) is 13.8. The molecule has 1 rings (SSSR count). The molecule has 1 heterocycles. The van der Waals surface area contributed by atoms with Crippen LogP contribution in [0.2, 0.25) is 0 Å². The Labute approximate surface area is 127 Å². The first kappa shape index (κ1) is 17.7. The molecule has 0 saturated carbocycles. The van der Waals surface area contributed by atoms with Gasteiger partial charge in [0.15, 0.2) is 5.76 Å². The maximum atomic E-state index is 12.1. The van der Waals surface area contributed by atoms with Crippen LogP contribution in [0.1, 0.15) is 72.0 Å². The van der Waals surface area contributed by atoms with Crippen molar-refractivity contribution in [2.45, 2.75) is 71.6 Å². The third kappa shape index (κ3) is 3.86. The molecule has 0 aliphatic rings. The second-order valence-corrected chi connectivity index (χ2v) is 6.31. The van der Waals surface area contributed by atoms with Crippen LogP contribution in [-0.4, -0.2) is 16.2 Å². The van der Waals surface area contributed by atoms with Crippen molar-refractivity contribution in [3.8, 4) is 0 Å². The second-order valence-electron chi connectivity index (χ2n) is 6.31. The van der Waals surface area contributed by atoms with E-state index in [1.54, 1.807) is 6.07 Å². The topological polar surface area (TPSA) is 63.3 Å². The number of carboxylic acid groups (broad SMARTS) is 1. The zero-order chi connectivity index (χ0) is 15.9. The molecule has 1 N–H and O–H groups in total. The first-order valence-electron chi connectivity index (χ1n) is 8.12. The number of hydrogen-bond acceptors (Lipinski definition) is 3. The van der Waals surface area contributed by atoms with Crippen LogP contribution in [0.25, 0.3) is 0 Å². The van der Waals surface area contributed by atoms with Gasteiger partial charge in [0, 0.05) is 6.07 Å². The summed E-state index contributed by atoms with van der Waals surface area (Å²) in [7, 11) is 0. The van der Waals surface area contributed by atoms with Crippen molar-refractivity contribution < 1.29 is 14.4 Å². The van der Waals surface area contributed by atoms with Crippen LogP contribution in [0, 0.1) is 11.8 Å². The minimum atomic E-state index is -0.985. The van der Waals surface area contributed by atoms with Gasteiger partial charge in [-0.2, -0.15) is 0 Å². The largest absolute Gasteiger partial charge is 0.480 e. The summed E-state index contributed by atoms with van der Waals surface area (Å²) in [5.74, 6) is -0.362. The fourth-order valence-corrected chi connectivity index (χ4v) is 3.37. The van der Waals surface area contributed by atoms with Crippen LogP contribution >= 0.6 is 0 Å². The Morgan fingerprint density at radius 1 is 1.29 bits per heavy atom. The van der Waals surface area contributed by atoms with E-state index in [-0.39, 0.29) is 11.8 Å². The Morgan fingerprint density at radius 2 is 1.95 bits per heavy atom. The number of hydrogen-bond donors (Lipinski definition) is 1. The smallest absolute Gasteiger partial charge is 0.318 e. The van der Waals surface area contributed by atoms with Crippen molar-refractivity contribution in [3.05, 3.63) is 18.0 Å². The first-order chi connectivity index (χ1) is 9.97. The summed E-state index contributed by atoms with van der Waals surface area (Å²) in [5.41, 5.74) is -0.985. The van der Waals surface area contributed by atoms with Gasteiger partial charge >= 0.3 is 5.97 Å². The molecule has 0 fully saturated rings. The quantitative estimate of drug-likeness (QED) is 0.638. The van der Waals surface area contributed by atoms with E-state index in [0.29, 0.717) is 5.76 Å². The molecule has 4 nitrogen and oxygen atoms in total. The number of nitrogens with zero attached hydrogens (tertiary/aromatic N) is 1. The lowest BCUT2D eigenvalue weighted by Crippen LogP contribution is -2.46. The molecule has 0 saturated heterocycles. The summed E-state index contributed by atoms with van der Waals surface area (Å²) in [6, 6.07) is 1.70. The predicted octanol–water partition coefficient (Wildman–Crippen LogP) is 4.65. The molecule has 120 valence electrons. The molecular formula is C17H29NO3. The van der Waals surface area contributed by atoms with Gasteiger partial charge in [-0.3, -0.25) is 4.79 Å². The molecule has 0 spiro atoms. The zero-order valence-corrected chi connectivity index (χ0v) is 13.8. The van der Waals surface area contributed by atoms with Gasteiger partial charge in [0.1, 0.15) is 5.41 Å². The summed E-state index contributed by atoms with van der Waals surface area (Å²) in [6.45, 7) is 8.12. The molecule has 0 amide bonds. The van der Waals surface area contributed by atoms with Crippen LogP contribution in [-0.2, 0) is 10.2 Å². The third-order valence-electron chi connectivity index (χ3n) is 4.63. The fourth-order valence-electron chi connectivity index (χ4n) is 3.37. The van der Waals surface area contributed by atoms with Crippen molar-refractivity contribution >= 4 is 5.97 Å². The van der Waals surface area contributed by atoms with E-state index >= 15 is 0 Å². The molecule has 0 aliphatic heterocycles. The van der Waals surface area contributed by atoms with E-state index in [1.807, 2.05) is 20.8 Å². The molecule has 1 aromatic rings. The van der Waals surface area contributed by atoms with Gasteiger partial charge < -0.3 is 9.63 Å². The van der Waals surface area contributed by atoms with Crippen molar-refractivity contribution in [1.82, 2.24) is 5.16 Å². The molecule has 2 unspecified atom stereocenters. The van der Waals surface area contributed by atoms with E-state index in [2.05, 4.69) is 12.1 Å². The highest BCUT2D eigenvalue weighted by atomic mass is 16.5. The van der Waals surface area contributed by atoms with Gasteiger partial charge in [0.2, 0.25) is 0 Å². The molecule has 0 radical (unpaired) electrons. The van der Waals surface area contributed by atoms with Crippen molar-refractivity contribution in [2.75, 3.05) is 0 Å². The van der Waals surface area contributed by atoms with E-state index < -0.39 is 11.4 Å². The number of carboxylic acids is 1. The van der Waals surface area contributed by atoms with Crippen molar-refractivity contribution in [1.29, 1.82) is 0 Å². The summed E-state index contributed by atoms with van der Waals surface area (Å²) < 4.78 is 5.26. The molecule has 4 heteroatoms. The normalized spacial score (nSPS) is 15.9. The Hall–Kier alpha value is -1.32. The molecule has 0 aliphatic carbocycles. The Balaban J connectivity index is 2.84. The molecule has 0 bridgehead atoms. The SMILES string of the molecule is CCCCCCCC(C)C(C(=O)O)(c1ccno1)C(C)C. The van der Waals surface area contributed by atoms with Crippen molar-refractivity contribution in [2.24, 2.45) is 11.8 Å². The number of unbranched alkanes of at least 4 members (excludes halogenated alkanes) is 4. The number of aliphatic carboxylic acids is 1. The lowest BCUT2D eigenvalue weighted by molar-refractivity contribution is -0.150. The Kier molecular flexibility index (Phi) is 6.93. The molecule has 2 atom stereocenters. The highest BCUT2D eigenvalue weighted by Gasteiger charge is 2.50. The van der Waals surface area contributed by atoms with E-state index in [1.165, 1.54) is 31.9 Å². The van der Waals surface area contributed by atoms with Gasteiger partial charge in [-0.15, -0.1) is 0 Å². The Bertz CT molecular complexity index is 414. The summed E-state index contributed by atoms with van der Waals surface area (Å²) >= 11 is 0. The van der Waals surface area contributed by atoms with Gasteiger partial charge in [0.25, 0.3) is 0 Å². The standard InChI is InChI=1S/C17H29NO3/c1-5-6-7-8-9-10-14(4)17(13(2)3,16(19)20)15-11-12-18-21-15/h11-14H,5-10H2,1-4H3,(H,19,20). The van der Waals surface area contributed by atoms with E-state index in [0.717, 1.165) is 12.8 Å². The van der Waals surface area contributed by atoms with Crippen LogP contribution < -0.4 is 0 Å². The third-order valence-corrected chi connectivity index (χ3v) is 4.63. The molecule has 1 aromatic heterocycles. The monoisotopic (exact) mass is 295 g/mol. The van der Waals surface area contributed by atoms with E-state index in [4.69, 9.17) is 4.52 Å². The Morgan fingerprint density at radius 3 is 2.43 bits per heavy atom. The number of carbonyl (C=O) groups is 1. The average molecular weight is 295 g/mol. The second kappa shape index (κ2) is 8.20.